The highest BCUT2D eigenvalue weighted by Crippen LogP contribution is 2.36. The van der Waals surface area contributed by atoms with Crippen molar-refractivity contribution in [2.75, 3.05) is 26.2 Å². The second kappa shape index (κ2) is 8.60. The fraction of sp³-hybridized carbons (Fsp3) is 0.714. The molecule has 5 nitrogen and oxygen atoms in total. The van der Waals surface area contributed by atoms with Gasteiger partial charge in [0.15, 0.2) is 9.84 Å². The number of likely N-dealkylation sites (tertiary alicyclic amines) is 1. The topological polar surface area (TPSA) is 69.6 Å². The van der Waals surface area contributed by atoms with E-state index in [-0.39, 0.29) is 12.5 Å². The van der Waals surface area contributed by atoms with Crippen LogP contribution in [0.15, 0.2) is 17.0 Å². The van der Waals surface area contributed by atoms with Gasteiger partial charge in [-0.3, -0.25) is 4.90 Å². The molecule has 2 heterocycles. The summed E-state index contributed by atoms with van der Waals surface area (Å²) in [7, 11) is -3.47. The molecule has 1 aromatic rings. The van der Waals surface area contributed by atoms with E-state index in [1.165, 1.54) is 0 Å². The van der Waals surface area contributed by atoms with Gasteiger partial charge in [-0.15, -0.1) is 0 Å². The smallest absolute Gasteiger partial charge is 0.194 e. The number of nitrogens with zero attached hydrogens (tertiary/aromatic N) is 1. The van der Waals surface area contributed by atoms with Crippen molar-refractivity contribution >= 4 is 9.84 Å². The summed E-state index contributed by atoms with van der Waals surface area (Å²) in [5.41, 5.74) is 2.80. The van der Waals surface area contributed by atoms with Gasteiger partial charge in [0, 0.05) is 12.6 Å². The molecule has 0 bridgehead atoms. The molecule has 0 amide bonds. The molecule has 2 atom stereocenters. The van der Waals surface area contributed by atoms with E-state index in [1.54, 1.807) is 0 Å². The highest BCUT2D eigenvalue weighted by atomic mass is 32.2. The summed E-state index contributed by atoms with van der Waals surface area (Å²) in [5, 5.41) is 12.3. The first-order valence-corrected chi connectivity index (χ1v) is 11.8. The lowest BCUT2D eigenvalue weighted by Gasteiger charge is -2.45. The third kappa shape index (κ3) is 4.39. The molecule has 0 radical (unpaired) electrons. The van der Waals surface area contributed by atoms with E-state index in [2.05, 4.69) is 10.2 Å². The summed E-state index contributed by atoms with van der Waals surface area (Å²) >= 11 is 0. The van der Waals surface area contributed by atoms with Crippen LogP contribution in [-0.2, 0) is 9.84 Å². The van der Waals surface area contributed by atoms with E-state index in [1.807, 2.05) is 32.9 Å². The molecule has 2 saturated heterocycles. The van der Waals surface area contributed by atoms with Crippen LogP contribution in [0.1, 0.15) is 48.8 Å². The van der Waals surface area contributed by atoms with Crippen LogP contribution in [0.5, 0.6) is 0 Å². The average Bonchev–Trinajstić information content (AvgIpc) is 2.61. The lowest BCUT2D eigenvalue weighted by Crippen LogP contribution is -2.54. The second-order valence-corrected chi connectivity index (χ2v) is 10.4. The fourth-order valence-electron chi connectivity index (χ4n) is 5.07. The van der Waals surface area contributed by atoms with E-state index in [4.69, 9.17) is 0 Å². The van der Waals surface area contributed by atoms with Gasteiger partial charge in [-0.25, -0.2) is 8.42 Å². The van der Waals surface area contributed by atoms with Crippen LogP contribution in [0.4, 0.5) is 0 Å². The molecule has 2 aliphatic heterocycles. The van der Waals surface area contributed by atoms with Crippen molar-refractivity contribution in [3.63, 3.8) is 0 Å². The third-order valence-corrected chi connectivity index (χ3v) is 8.66. The molecule has 0 saturated carbocycles. The van der Waals surface area contributed by atoms with Gasteiger partial charge in [0.25, 0.3) is 0 Å². The average molecular weight is 395 g/mol. The minimum atomic E-state index is -3.47. The van der Waals surface area contributed by atoms with Crippen molar-refractivity contribution in [3.8, 4) is 0 Å². The molecular weight excluding hydrogens is 360 g/mol. The Labute approximate surface area is 164 Å². The molecule has 27 heavy (non-hydrogen) atoms. The third-order valence-electron chi connectivity index (χ3n) is 6.26. The number of sulfone groups is 1. The molecule has 2 aliphatic rings. The maximum absolute atomic E-state index is 13.8. The van der Waals surface area contributed by atoms with E-state index in [0.29, 0.717) is 23.8 Å². The molecular formula is C21H34N2O3S. The Bertz CT molecular complexity index is 734. The quantitative estimate of drug-likeness (QED) is 0.803. The van der Waals surface area contributed by atoms with Crippen molar-refractivity contribution in [1.29, 1.82) is 0 Å². The summed E-state index contributed by atoms with van der Waals surface area (Å²) in [5.74, 6) is 0.277. The van der Waals surface area contributed by atoms with Crippen molar-refractivity contribution < 1.29 is 13.5 Å². The van der Waals surface area contributed by atoms with Crippen molar-refractivity contribution in [1.82, 2.24) is 10.2 Å². The van der Waals surface area contributed by atoms with Crippen molar-refractivity contribution in [3.05, 3.63) is 28.8 Å². The molecule has 2 N–H and O–H groups in total. The second-order valence-electron chi connectivity index (χ2n) is 8.35. The first-order valence-electron chi connectivity index (χ1n) is 10.2. The van der Waals surface area contributed by atoms with Crippen LogP contribution < -0.4 is 5.32 Å². The fourth-order valence-corrected chi connectivity index (χ4v) is 7.52. The van der Waals surface area contributed by atoms with Crippen molar-refractivity contribution in [2.24, 2.45) is 5.92 Å². The molecule has 0 aromatic heterocycles. The number of rotatable bonds is 5. The van der Waals surface area contributed by atoms with Crippen LogP contribution >= 0.6 is 0 Å². The Morgan fingerprint density at radius 2 is 1.74 bits per heavy atom. The van der Waals surface area contributed by atoms with Crippen LogP contribution in [0, 0.1) is 26.7 Å². The Balaban J connectivity index is 1.98. The first kappa shape index (κ1) is 20.8. The number of nitrogens with one attached hydrogen (secondary N) is 1. The number of benzene rings is 1. The van der Waals surface area contributed by atoms with Crippen molar-refractivity contribution in [2.45, 2.75) is 69.2 Å². The minimum absolute atomic E-state index is 0.132. The van der Waals surface area contributed by atoms with E-state index >= 15 is 0 Å². The predicted octanol–water partition coefficient (Wildman–Crippen LogP) is 2.56. The zero-order chi connectivity index (χ0) is 19.6. The Morgan fingerprint density at radius 3 is 2.33 bits per heavy atom. The van der Waals surface area contributed by atoms with Crippen LogP contribution in [0.3, 0.4) is 0 Å². The van der Waals surface area contributed by atoms with Crippen LogP contribution in [-0.4, -0.2) is 56.1 Å². The molecule has 1 aromatic carbocycles. The summed E-state index contributed by atoms with van der Waals surface area (Å²) in [4.78, 5) is 2.78. The summed E-state index contributed by atoms with van der Waals surface area (Å²) in [6, 6.07) is 4.28. The van der Waals surface area contributed by atoms with Gasteiger partial charge in [-0.2, -0.15) is 0 Å². The lowest BCUT2D eigenvalue weighted by molar-refractivity contribution is 0.0810. The minimum Gasteiger partial charge on any atom is -0.396 e. The van der Waals surface area contributed by atoms with E-state index in [9.17, 15) is 13.5 Å². The normalized spacial score (nSPS) is 25.6. The summed E-state index contributed by atoms with van der Waals surface area (Å²) in [6.07, 6.45) is 4.30. The summed E-state index contributed by atoms with van der Waals surface area (Å²) in [6.45, 7) is 8.69. The van der Waals surface area contributed by atoms with Gasteiger partial charge in [-0.1, -0.05) is 17.7 Å². The molecule has 3 rings (SSSR count). The number of hydrogen-bond acceptors (Lipinski definition) is 5. The summed E-state index contributed by atoms with van der Waals surface area (Å²) < 4.78 is 27.6. The predicted molar refractivity (Wildman–Crippen MR) is 109 cm³/mol. The van der Waals surface area contributed by atoms with Gasteiger partial charge in [0.05, 0.1) is 4.90 Å². The van der Waals surface area contributed by atoms with Gasteiger partial charge in [-0.05, 0) is 89.6 Å². The maximum atomic E-state index is 13.8. The molecule has 152 valence electrons. The lowest BCUT2D eigenvalue weighted by atomic mass is 9.91. The van der Waals surface area contributed by atoms with Gasteiger partial charge < -0.3 is 10.4 Å². The molecule has 0 spiro atoms. The number of piperidine rings is 2. The number of aliphatic hydroxyl groups excluding tert-OH is 1. The van der Waals surface area contributed by atoms with Gasteiger partial charge >= 0.3 is 0 Å². The van der Waals surface area contributed by atoms with Crippen LogP contribution in [0.25, 0.3) is 0 Å². The first-order chi connectivity index (χ1) is 12.8. The highest BCUT2D eigenvalue weighted by Gasteiger charge is 2.42. The monoisotopic (exact) mass is 394 g/mol. The van der Waals surface area contributed by atoms with E-state index in [0.717, 1.165) is 55.6 Å². The highest BCUT2D eigenvalue weighted by molar-refractivity contribution is 7.92. The van der Waals surface area contributed by atoms with Crippen LogP contribution in [0.2, 0.25) is 0 Å². The SMILES string of the molecule is Cc1cc(C)c(S(=O)(=O)[C@@H]2CC(CCO)CCN2C2CCNCC2)c(C)c1. The van der Waals surface area contributed by atoms with E-state index < -0.39 is 15.2 Å². The molecule has 2 fully saturated rings. The molecule has 6 heteroatoms. The molecule has 1 unspecified atom stereocenters. The zero-order valence-electron chi connectivity index (χ0n) is 16.9. The maximum Gasteiger partial charge on any atom is 0.194 e. The Kier molecular flexibility index (Phi) is 6.62. The number of aryl methyl sites for hydroxylation is 3. The standard InChI is InChI=1S/C21H34N2O3S/c1-15-12-16(2)21(17(3)13-15)27(25,26)20-14-18(7-11-24)6-10-23(20)19-4-8-22-9-5-19/h12-13,18-20,22,24H,4-11,14H2,1-3H3/t18?,20-/m1/s1. The van der Waals surface area contributed by atoms with Gasteiger partial charge in [0.1, 0.15) is 5.37 Å². The number of aliphatic hydroxyl groups is 1. The Morgan fingerprint density at radius 1 is 1.11 bits per heavy atom. The largest absolute Gasteiger partial charge is 0.396 e. The van der Waals surface area contributed by atoms with Gasteiger partial charge in [0.2, 0.25) is 0 Å². The zero-order valence-corrected chi connectivity index (χ0v) is 17.7. The Hall–Kier alpha value is -0.950. The molecule has 0 aliphatic carbocycles. The number of hydrogen-bond donors (Lipinski definition) is 2.